The van der Waals surface area contributed by atoms with E-state index in [9.17, 15) is 9.90 Å². The van der Waals surface area contributed by atoms with Crippen molar-refractivity contribution in [3.63, 3.8) is 0 Å². The first-order valence-corrected chi connectivity index (χ1v) is 5.11. The number of nitrogens with one attached hydrogen (secondary N) is 1. The predicted octanol–water partition coefficient (Wildman–Crippen LogP) is 1.84. The molecular weight excluding hydrogens is 226 g/mol. The Morgan fingerprint density at radius 1 is 1.56 bits per heavy atom. The van der Waals surface area contributed by atoms with Gasteiger partial charge in [0.1, 0.15) is 5.75 Å². The van der Waals surface area contributed by atoms with Crippen LogP contribution in [0.25, 0.3) is 0 Å². The molecule has 0 spiro atoms. The molecule has 2 N–H and O–H groups in total. The zero-order valence-electron chi connectivity index (χ0n) is 9.10. The van der Waals surface area contributed by atoms with Crippen molar-refractivity contribution in [2.75, 3.05) is 6.54 Å². The number of carbonyl (C=O) groups excluding carboxylic acids is 1. The van der Waals surface area contributed by atoms with Crippen molar-refractivity contribution in [3.8, 4) is 17.6 Å². The Labute approximate surface area is 99.4 Å². The second kappa shape index (κ2) is 5.43. The zero-order chi connectivity index (χ0) is 12.1. The quantitative estimate of drug-likeness (QED) is 0.733. The smallest absolute Gasteiger partial charge is 0.217 e. The van der Waals surface area contributed by atoms with E-state index < -0.39 is 0 Å². The van der Waals surface area contributed by atoms with Crippen LogP contribution < -0.4 is 5.32 Å². The monoisotopic (exact) mass is 237 g/mol. The van der Waals surface area contributed by atoms with Crippen molar-refractivity contribution in [3.05, 3.63) is 28.3 Å². The summed E-state index contributed by atoms with van der Waals surface area (Å²) in [6.45, 7) is 3.42. The molecule has 4 heteroatoms. The van der Waals surface area contributed by atoms with Gasteiger partial charge in [-0.3, -0.25) is 4.79 Å². The van der Waals surface area contributed by atoms with Gasteiger partial charge in [0.15, 0.2) is 0 Å². The Morgan fingerprint density at radius 2 is 2.25 bits per heavy atom. The van der Waals surface area contributed by atoms with Crippen LogP contribution in [-0.2, 0) is 4.79 Å². The maximum absolute atomic E-state index is 10.6. The lowest BCUT2D eigenvalue weighted by atomic mass is 10.1. The van der Waals surface area contributed by atoms with Crippen molar-refractivity contribution in [2.45, 2.75) is 13.8 Å². The fraction of sp³-hybridized carbons (Fsp3) is 0.250. The molecule has 0 fully saturated rings. The Kier molecular flexibility index (Phi) is 4.21. The topological polar surface area (TPSA) is 49.3 Å². The molecule has 1 aromatic rings. The van der Waals surface area contributed by atoms with Gasteiger partial charge in [0.2, 0.25) is 5.91 Å². The summed E-state index contributed by atoms with van der Waals surface area (Å²) in [5.74, 6) is 5.47. The zero-order valence-corrected chi connectivity index (χ0v) is 9.85. The normalized spacial score (nSPS) is 9.19. The first kappa shape index (κ1) is 12.4. The number of aromatic hydroxyl groups is 1. The summed E-state index contributed by atoms with van der Waals surface area (Å²) in [7, 11) is 0. The highest BCUT2D eigenvalue weighted by atomic mass is 35.5. The van der Waals surface area contributed by atoms with Gasteiger partial charge in [0.05, 0.1) is 12.1 Å². The van der Waals surface area contributed by atoms with Gasteiger partial charge >= 0.3 is 0 Å². The van der Waals surface area contributed by atoms with Crippen LogP contribution >= 0.6 is 11.6 Å². The fourth-order valence-electron chi connectivity index (χ4n) is 1.14. The van der Waals surface area contributed by atoms with Gasteiger partial charge in [-0.05, 0) is 24.6 Å². The molecule has 1 rings (SSSR count). The molecule has 0 heterocycles. The van der Waals surface area contributed by atoms with E-state index in [4.69, 9.17) is 11.6 Å². The average Bonchev–Trinajstić information content (AvgIpc) is 2.19. The molecule has 84 valence electrons. The van der Waals surface area contributed by atoms with E-state index >= 15 is 0 Å². The number of halogens is 1. The highest BCUT2D eigenvalue weighted by Crippen LogP contribution is 2.25. The summed E-state index contributed by atoms with van der Waals surface area (Å²) in [5.41, 5.74) is 1.15. The Balaban J connectivity index is 2.84. The third kappa shape index (κ3) is 3.48. The molecule has 0 aliphatic heterocycles. The molecule has 0 radical (unpaired) electrons. The minimum absolute atomic E-state index is 0.125. The van der Waals surface area contributed by atoms with Gasteiger partial charge in [0, 0.05) is 11.9 Å². The standard InChI is InChI=1S/C12H12ClNO2/c1-8-6-11(13)7-10(12(8)16)4-3-5-14-9(2)15/h6-7,16H,5H2,1-2H3,(H,14,15). The number of rotatable bonds is 1. The predicted molar refractivity (Wildman–Crippen MR) is 63.4 cm³/mol. The second-order valence-electron chi connectivity index (χ2n) is 3.33. The highest BCUT2D eigenvalue weighted by molar-refractivity contribution is 6.30. The van der Waals surface area contributed by atoms with Crippen LogP contribution in [-0.4, -0.2) is 17.6 Å². The maximum atomic E-state index is 10.6. The SMILES string of the molecule is CC(=O)NCC#Cc1cc(Cl)cc(C)c1O. The Morgan fingerprint density at radius 3 is 2.88 bits per heavy atom. The molecule has 3 nitrogen and oxygen atoms in total. The number of amides is 1. The second-order valence-corrected chi connectivity index (χ2v) is 3.77. The average molecular weight is 238 g/mol. The van der Waals surface area contributed by atoms with Gasteiger partial charge in [-0.1, -0.05) is 23.4 Å². The van der Waals surface area contributed by atoms with Gasteiger partial charge in [-0.25, -0.2) is 0 Å². The molecule has 0 aromatic heterocycles. The largest absolute Gasteiger partial charge is 0.506 e. The van der Waals surface area contributed by atoms with Crippen LogP contribution in [0.15, 0.2) is 12.1 Å². The number of hydrogen-bond acceptors (Lipinski definition) is 2. The Hall–Kier alpha value is -1.66. The fourth-order valence-corrected chi connectivity index (χ4v) is 1.41. The highest BCUT2D eigenvalue weighted by Gasteiger charge is 2.03. The summed E-state index contributed by atoms with van der Waals surface area (Å²) in [6, 6.07) is 3.25. The molecule has 0 aliphatic rings. The number of phenols is 1. The first-order valence-electron chi connectivity index (χ1n) is 4.73. The molecule has 1 aromatic carbocycles. The maximum Gasteiger partial charge on any atom is 0.217 e. The summed E-state index contributed by atoms with van der Waals surface area (Å²) in [6.07, 6.45) is 0. The third-order valence-corrected chi connectivity index (χ3v) is 2.13. The van der Waals surface area contributed by atoms with Crippen LogP contribution in [0, 0.1) is 18.8 Å². The minimum atomic E-state index is -0.138. The number of carbonyl (C=O) groups is 1. The summed E-state index contributed by atoms with van der Waals surface area (Å²) in [4.78, 5) is 10.6. The van der Waals surface area contributed by atoms with E-state index in [-0.39, 0.29) is 18.2 Å². The van der Waals surface area contributed by atoms with Gasteiger partial charge in [0.25, 0.3) is 0 Å². The van der Waals surface area contributed by atoms with E-state index in [0.29, 0.717) is 16.1 Å². The lowest BCUT2D eigenvalue weighted by Gasteiger charge is -2.02. The molecule has 0 bridgehead atoms. The molecule has 0 unspecified atom stereocenters. The lowest BCUT2D eigenvalue weighted by Crippen LogP contribution is -2.19. The van der Waals surface area contributed by atoms with Crippen molar-refractivity contribution in [1.29, 1.82) is 0 Å². The van der Waals surface area contributed by atoms with E-state index in [1.54, 1.807) is 19.1 Å². The lowest BCUT2D eigenvalue weighted by molar-refractivity contribution is -0.118. The number of phenolic OH excluding ortho intramolecular Hbond substituents is 1. The van der Waals surface area contributed by atoms with E-state index in [1.165, 1.54) is 6.92 Å². The number of benzene rings is 1. The van der Waals surface area contributed by atoms with E-state index in [0.717, 1.165) is 0 Å². The van der Waals surface area contributed by atoms with Gasteiger partial charge in [-0.15, -0.1) is 0 Å². The molecule has 1 amide bonds. The third-order valence-electron chi connectivity index (χ3n) is 1.91. The minimum Gasteiger partial charge on any atom is -0.506 e. The van der Waals surface area contributed by atoms with Crippen molar-refractivity contribution in [2.24, 2.45) is 0 Å². The van der Waals surface area contributed by atoms with Crippen molar-refractivity contribution < 1.29 is 9.90 Å². The van der Waals surface area contributed by atoms with Crippen LogP contribution in [0.3, 0.4) is 0 Å². The van der Waals surface area contributed by atoms with E-state index in [2.05, 4.69) is 17.2 Å². The van der Waals surface area contributed by atoms with Crippen LogP contribution in [0.4, 0.5) is 0 Å². The Bertz CT molecular complexity index is 472. The first-order chi connectivity index (χ1) is 7.50. The number of aryl methyl sites for hydroxylation is 1. The van der Waals surface area contributed by atoms with E-state index in [1.807, 2.05) is 0 Å². The molecule has 0 aliphatic carbocycles. The summed E-state index contributed by atoms with van der Waals surface area (Å²) in [5, 5.41) is 12.7. The number of hydrogen-bond donors (Lipinski definition) is 2. The van der Waals surface area contributed by atoms with Gasteiger partial charge < -0.3 is 10.4 Å². The molecular formula is C12H12ClNO2. The summed E-state index contributed by atoms with van der Waals surface area (Å²) < 4.78 is 0. The molecule has 0 saturated carbocycles. The molecule has 0 atom stereocenters. The van der Waals surface area contributed by atoms with Gasteiger partial charge in [-0.2, -0.15) is 0 Å². The van der Waals surface area contributed by atoms with Crippen LogP contribution in [0.1, 0.15) is 18.1 Å². The van der Waals surface area contributed by atoms with Crippen molar-refractivity contribution in [1.82, 2.24) is 5.32 Å². The van der Waals surface area contributed by atoms with Crippen molar-refractivity contribution >= 4 is 17.5 Å². The van der Waals surface area contributed by atoms with Crippen LogP contribution in [0.2, 0.25) is 5.02 Å². The van der Waals surface area contributed by atoms with Crippen LogP contribution in [0.5, 0.6) is 5.75 Å². The molecule has 0 saturated heterocycles. The summed E-state index contributed by atoms with van der Waals surface area (Å²) >= 11 is 5.84. The molecule has 16 heavy (non-hydrogen) atoms.